The Morgan fingerprint density at radius 2 is 1.62 bits per heavy atom. The predicted octanol–water partition coefficient (Wildman–Crippen LogP) is 4.74. The Morgan fingerprint density at radius 1 is 0.857 bits per heavy atom. The molecular formula is C19H22O2. The maximum absolute atomic E-state index is 10.2. The molecule has 0 heterocycles. The number of hydrogen-bond donors (Lipinski definition) is 2. The van der Waals surface area contributed by atoms with Crippen LogP contribution in [0.4, 0.5) is 0 Å². The van der Waals surface area contributed by atoms with Crippen molar-refractivity contribution in [3.63, 3.8) is 0 Å². The monoisotopic (exact) mass is 282 g/mol. The molecular weight excluding hydrogens is 260 g/mol. The molecule has 0 unspecified atom stereocenters. The number of rotatable bonds is 3. The Hall–Kier alpha value is -1.96. The molecule has 0 saturated heterocycles. The SMILES string of the molecule is Oc1ccccc1Cc1ccc(O)c(C2CCCCC2)c1. The molecule has 0 amide bonds. The first kappa shape index (κ1) is 14.0. The molecule has 0 aromatic heterocycles. The van der Waals surface area contributed by atoms with Crippen LogP contribution in [0.25, 0.3) is 0 Å². The summed E-state index contributed by atoms with van der Waals surface area (Å²) in [6.07, 6.45) is 6.88. The van der Waals surface area contributed by atoms with E-state index in [4.69, 9.17) is 0 Å². The smallest absolute Gasteiger partial charge is 0.119 e. The van der Waals surface area contributed by atoms with Crippen LogP contribution in [0.5, 0.6) is 11.5 Å². The maximum atomic E-state index is 10.2. The minimum Gasteiger partial charge on any atom is -0.508 e. The highest BCUT2D eigenvalue weighted by Gasteiger charge is 2.19. The Labute approximate surface area is 126 Å². The van der Waals surface area contributed by atoms with Crippen LogP contribution in [0, 0.1) is 0 Å². The van der Waals surface area contributed by atoms with Gasteiger partial charge in [-0.3, -0.25) is 0 Å². The predicted molar refractivity (Wildman–Crippen MR) is 84.8 cm³/mol. The van der Waals surface area contributed by atoms with Crippen LogP contribution < -0.4 is 0 Å². The first-order valence-electron chi connectivity index (χ1n) is 7.82. The lowest BCUT2D eigenvalue weighted by Gasteiger charge is -2.23. The van der Waals surface area contributed by atoms with Crippen LogP contribution in [-0.4, -0.2) is 10.2 Å². The zero-order valence-corrected chi connectivity index (χ0v) is 12.3. The largest absolute Gasteiger partial charge is 0.508 e. The standard InChI is InChI=1S/C19H22O2/c20-18-9-5-4-8-16(18)12-14-10-11-19(21)17(13-14)15-6-2-1-3-7-15/h4-5,8-11,13,15,20-21H,1-3,6-7,12H2. The van der Waals surface area contributed by atoms with Crippen molar-refractivity contribution in [3.8, 4) is 11.5 Å². The molecule has 110 valence electrons. The van der Waals surface area contributed by atoms with E-state index in [-0.39, 0.29) is 0 Å². The number of benzene rings is 2. The van der Waals surface area contributed by atoms with Crippen LogP contribution in [0.15, 0.2) is 42.5 Å². The van der Waals surface area contributed by atoms with Crippen LogP contribution in [0.2, 0.25) is 0 Å². The van der Waals surface area contributed by atoms with Gasteiger partial charge in [0.2, 0.25) is 0 Å². The van der Waals surface area contributed by atoms with Crippen LogP contribution >= 0.6 is 0 Å². The first-order chi connectivity index (χ1) is 10.2. The minimum absolute atomic E-state index is 0.338. The van der Waals surface area contributed by atoms with Crippen LogP contribution in [0.3, 0.4) is 0 Å². The van der Waals surface area contributed by atoms with E-state index in [1.165, 1.54) is 32.1 Å². The average molecular weight is 282 g/mol. The van der Waals surface area contributed by atoms with Gasteiger partial charge in [-0.15, -0.1) is 0 Å². The summed E-state index contributed by atoms with van der Waals surface area (Å²) in [5.74, 6) is 1.25. The van der Waals surface area contributed by atoms with Crippen molar-refractivity contribution in [3.05, 3.63) is 59.2 Å². The van der Waals surface area contributed by atoms with E-state index in [1.54, 1.807) is 12.1 Å². The molecule has 2 N–H and O–H groups in total. The second-order valence-electron chi connectivity index (χ2n) is 6.03. The summed E-state index contributed by atoms with van der Waals surface area (Å²) < 4.78 is 0. The molecule has 3 rings (SSSR count). The summed E-state index contributed by atoms with van der Waals surface area (Å²) in [6.45, 7) is 0. The summed E-state index contributed by atoms with van der Waals surface area (Å²) in [6, 6.07) is 13.3. The van der Waals surface area contributed by atoms with E-state index in [0.717, 1.165) is 16.7 Å². The second-order valence-corrected chi connectivity index (χ2v) is 6.03. The van der Waals surface area contributed by atoms with Crippen molar-refractivity contribution in [2.45, 2.75) is 44.4 Å². The third kappa shape index (κ3) is 3.21. The van der Waals surface area contributed by atoms with Gasteiger partial charge >= 0.3 is 0 Å². The van der Waals surface area contributed by atoms with E-state index < -0.39 is 0 Å². The van der Waals surface area contributed by atoms with Crippen LogP contribution in [-0.2, 0) is 6.42 Å². The maximum Gasteiger partial charge on any atom is 0.119 e. The van der Waals surface area contributed by atoms with Gasteiger partial charge < -0.3 is 10.2 Å². The third-order valence-electron chi connectivity index (χ3n) is 4.52. The second kappa shape index (κ2) is 6.21. The van der Waals surface area contributed by atoms with E-state index in [9.17, 15) is 10.2 Å². The van der Waals surface area contributed by atoms with Gasteiger partial charge in [0.25, 0.3) is 0 Å². The fourth-order valence-corrected chi connectivity index (χ4v) is 3.33. The van der Waals surface area contributed by atoms with Crippen molar-refractivity contribution < 1.29 is 10.2 Å². The fraction of sp³-hybridized carbons (Fsp3) is 0.368. The number of phenolic OH excluding ortho intramolecular Hbond substituents is 2. The van der Waals surface area contributed by atoms with Gasteiger partial charge in [0, 0.05) is 6.42 Å². The molecule has 2 aromatic carbocycles. The topological polar surface area (TPSA) is 40.5 Å². The lowest BCUT2D eigenvalue weighted by molar-refractivity contribution is 0.414. The van der Waals surface area contributed by atoms with Gasteiger partial charge in [0.05, 0.1) is 0 Å². The summed E-state index contributed by atoms with van der Waals surface area (Å²) >= 11 is 0. The quantitative estimate of drug-likeness (QED) is 0.854. The molecule has 1 fully saturated rings. The third-order valence-corrected chi connectivity index (χ3v) is 4.52. The molecule has 2 heteroatoms. The van der Waals surface area contributed by atoms with Crippen molar-refractivity contribution in [1.29, 1.82) is 0 Å². The zero-order valence-electron chi connectivity index (χ0n) is 12.3. The Balaban J connectivity index is 1.85. The number of hydrogen-bond acceptors (Lipinski definition) is 2. The Bertz CT molecular complexity index is 613. The van der Waals surface area contributed by atoms with E-state index >= 15 is 0 Å². The van der Waals surface area contributed by atoms with Gasteiger partial charge in [-0.1, -0.05) is 49.6 Å². The van der Waals surface area contributed by atoms with Gasteiger partial charge in [-0.25, -0.2) is 0 Å². The molecule has 1 aliphatic rings. The van der Waals surface area contributed by atoms with E-state index in [1.807, 2.05) is 24.3 Å². The van der Waals surface area contributed by atoms with E-state index in [2.05, 4.69) is 6.07 Å². The molecule has 1 aliphatic carbocycles. The highest BCUT2D eigenvalue weighted by Crippen LogP contribution is 2.37. The molecule has 1 saturated carbocycles. The highest BCUT2D eigenvalue weighted by molar-refractivity contribution is 5.42. The molecule has 21 heavy (non-hydrogen) atoms. The zero-order chi connectivity index (χ0) is 14.7. The molecule has 0 radical (unpaired) electrons. The summed E-state index contributed by atoms with van der Waals surface area (Å²) in [4.78, 5) is 0. The number of aromatic hydroxyl groups is 2. The van der Waals surface area contributed by atoms with Crippen molar-refractivity contribution in [2.24, 2.45) is 0 Å². The highest BCUT2D eigenvalue weighted by atomic mass is 16.3. The van der Waals surface area contributed by atoms with Gasteiger partial charge in [0.15, 0.2) is 0 Å². The molecule has 0 bridgehead atoms. The first-order valence-corrected chi connectivity index (χ1v) is 7.82. The molecule has 0 atom stereocenters. The lowest BCUT2D eigenvalue weighted by atomic mass is 9.83. The summed E-state index contributed by atoms with van der Waals surface area (Å²) in [5.41, 5.74) is 3.16. The lowest BCUT2D eigenvalue weighted by Crippen LogP contribution is -2.05. The molecule has 2 nitrogen and oxygen atoms in total. The summed E-state index contributed by atoms with van der Waals surface area (Å²) in [7, 11) is 0. The Kier molecular flexibility index (Phi) is 4.14. The average Bonchev–Trinajstić information content (AvgIpc) is 2.52. The molecule has 0 spiro atoms. The molecule has 0 aliphatic heterocycles. The van der Waals surface area contributed by atoms with Crippen molar-refractivity contribution >= 4 is 0 Å². The summed E-state index contributed by atoms with van der Waals surface area (Å²) in [5, 5.41) is 20.1. The van der Waals surface area contributed by atoms with Gasteiger partial charge in [-0.2, -0.15) is 0 Å². The van der Waals surface area contributed by atoms with Crippen molar-refractivity contribution in [2.75, 3.05) is 0 Å². The molecule has 2 aromatic rings. The van der Waals surface area contributed by atoms with Crippen LogP contribution in [0.1, 0.15) is 54.7 Å². The Morgan fingerprint density at radius 3 is 2.38 bits per heavy atom. The number of para-hydroxylation sites is 1. The fourth-order valence-electron chi connectivity index (χ4n) is 3.33. The van der Waals surface area contributed by atoms with Gasteiger partial charge in [-0.05, 0) is 47.6 Å². The normalized spacial score (nSPS) is 16.0. The van der Waals surface area contributed by atoms with Gasteiger partial charge in [0.1, 0.15) is 11.5 Å². The minimum atomic E-state index is 0.338. The van der Waals surface area contributed by atoms with E-state index in [0.29, 0.717) is 23.8 Å². The number of phenols is 2. The van der Waals surface area contributed by atoms with Crippen molar-refractivity contribution in [1.82, 2.24) is 0 Å².